The lowest BCUT2D eigenvalue weighted by Gasteiger charge is -2.16. The predicted molar refractivity (Wildman–Crippen MR) is 90.7 cm³/mol. The van der Waals surface area contributed by atoms with Crippen LogP contribution in [-0.4, -0.2) is 25.0 Å². The molecule has 0 atom stereocenters. The molecular formula is C18H35N. The fraction of sp³-hybridized carbons (Fsp3) is 0.667. The Balaban J connectivity index is 0. The summed E-state index contributed by atoms with van der Waals surface area (Å²) in [5.74, 6) is 0. The molecule has 0 N–H and O–H groups in total. The predicted octanol–water partition coefficient (Wildman–Crippen LogP) is 5.60. The highest BCUT2D eigenvalue weighted by Crippen LogP contribution is 2.06. The van der Waals surface area contributed by atoms with Crippen LogP contribution in [0.3, 0.4) is 0 Å². The van der Waals surface area contributed by atoms with Crippen molar-refractivity contribution in [1.82, 2.24) is 4.90 Å². The van der Waals surface area contributed by atoms with Gasteiger partial charge >= 0.3 is 0 Å². The fourth-order valence-electron chi connectivity index (χ4n) is 1.72. The summed E-state index contributed by atoms with van der Waals surface area (Å²) in [6.45, 7) is 12.8. The van der Waals surface area contributed by atoms with E-state index in [4.69, 9.17) is 0 Å². The largest absolute Gasteiger partial charge is 0.306 e. The second kappa shape index (κ2) is 17.2. The first-order chi connectivity index (χ1) is 9.24. The summed E-state index contributed by atoms with van der Waals surface area (Å²) in [5.41, 5.74) is 1.41. The maximum atomic E-state index is 2.43. The van der Waals surface area contributed by atoms with Crippen molar-refractivity contribution in [3.63, 3.8) is 0 Å². The van der Waals surface area contributed by atoms with Gasteiger partial charge in [-0.05, 0) is 45.9 Å². The van der Waals surface area contributed by atoms with Crippen molar-refractivity contribution in [2.45, 2.75) is 60.3 Å². The van der Waals surface area contributed by atoms with E-state index in [0.717, 1.165) is 13.0 Å². The number of rotatable bonds is 9. The van der Waals surface area contributed by atoms with E-state index in [0.29, 0.717) is 0 Å². The number of hydrogen-bond acceptors (Lipinski definition) is 1. The second-order valence-electron chi connectivity index (χ2n) is 4.53. The quantitative estimate of drug-likeness (QED) is 0.387. The summed E-state index contributed by atoms with van der Waals surface area (Å²) in [4.78, 5) is 2.43. The fourth-order valence-corrected chi connectivity index (χ4v) is 1.72. The van der Waals surface area contributed by atoms with Gasteiger partial charge in [0.2, 0.25) is 0 Å². The van der Waals surface area contributed by atoms with Crippen LogP contribution in [0.5, 0.6) is 0 Å². The summed E-state index contributed by atoms with van der Waals surface area (Å²) in [5, 5.41) is 0. The molecule has 0 saturated heterocycles. The summed E-state index contributed by atoms with van der Waals surface area (Å²) >= 11 is 0. The van der Waals surface area contributed by atoms with Crippen LogP contribution in [0.4, 0.5) is 0 Å². The van der Waals surface area contributed by atoms with Crippen molar-refractivity contribution in [2.75, 3.05) is 20.1 Å². The molecule has 0 rings (SSSR count). The monoisotopic (exact) mass is 265 g/mol. The third-order valence-electron chi connectivity index (χ3n) is 2.81. The molecule has 0 unspecified atom stereocenters. The van der Waals surface area contributed by atoms with Crippen molar-refractivity contribution < 1.29 is 0 Å². The molecule has 0 saturated carbocycles. The molecule has 0 aliphatic heterocycles. The topological polar surface area (TPSA) is 3.24 Å². The molecule has 0 amide bonds. The minimum Gasteiger partial charge on any atom is -0.306 e. The Morgan fingerprint density at radius 3 is 2.21 bits per heavy atom. The Hall–Kier alpha value is -0.820. The Morgan fingerprint density at radius 2 is 1.68 bits per heavy atom. The van der Waals surface area contributed by atoms with Crippen LogP contribution in [0.25, 0.3) is 0 Å². The van der Waals surface area contributed by atoms with Crippen molar-refractivity contribution in [1.29, 1.82) is 0 Å². The first-order valence-corrected chi connectivity index (χ1v) is 7.87. The lowest BCUT2D eigenvalue weighted by molar-refractivity contribution is 0.330. The maximum absolute atomic E-state index is 2.43. The minimum absolute atomic E-state index is 1.14. The van der Waals surface area contributed by atoms with Gasteiger partial charge in [-0.3, -0.25) is 0 Å². The smallest absolute Gasteiger partial charge is 0.00188 e. The van der Waals surface area contributed by atoms with E-state index >= 15 is 0 Å². The Kier molecular flexibility index (Phi) is 18.5. The van der Waals surface area contributed by atoms with E-state index in [1.807, 2.05) is 13.8 Å². The van der Waals surface area contributed by atoms with Gasteiger partial charge in [-0.25, -0.2) is 0 Å². The number of unbranched alkanes of at least 4 members (excludes halogenated alkanes) is 2. The maximum Gasteiger partial charge on any atom is 0.00188 e. The molecule has 0 aromatic heterocycles. The SMILES string of the molecule is CC.CC=C/C=C(\C=C/C)CCN(C)CCCCC. The van der Waals surface area contributed by atoms with Crippen LogP contribution >= 0.6 is 0 Å². The van der Waals surface area contributed by atoms with Crippen LogP contribution in [-0.2, 0) is 0 Å². The third kappa shape index (κ3) is 15.1. The van der Waals surface area contributed by atoms with Gasteiger partial charge in [0.25, 0.3) is 0 Å². The van der Waals surface area contributed by atoms with E-state index in [1.54, 1.807) is 0 Å². The van der Waals surface area contributed by atoms with Crippen molar-refractivity contribution in [3.8, 4) is 0 Å². The van der Waals surface area contributed by atoms with Crippen LogP contribution in [0, 0.1) is 0 Å². The van der Waals surface area contributed by atoms with Gasteiger partial charge in [0.05, 0.1) is 0 Å². The van der Waals surface area contributed by atoms with Gasteiger partial charge in [0, 0.05) is 6.54 Å². The minimum atomic E-state index is 1.14. The van der Waals surface area contributed by atoms with Crippen LogP contribution in [0.15, 0.2) is 36.0 Å². The summed E-state index contributed by atoms with van der Waals surface area (Å²) < 4.78 is 0. The molecule has 0 aliphatic carbocycles. The van der Waals surface area contributed by atoms with E-state index in [9.17, 15) is 0 Å². The Bertz CT molecular complexity index is 248. The second-order valence-corrected chi connectivity index (χ2v) is 4.53. The van der Waals surface area contributed by atoms with Crippen LogP contribution in [0.2, 0.25) is 0 Å². The van der Waals surface area contributed by atoms with Gasteiger partial charge in [0.15, 0.2) is 0 Å². The van der Waals surface area contributed by atoms with E-state index < -0.39 is 0 Å². The highest BCUT2D eigenvalue weighted by Gasteiger charge is 1.99. The zero-order chi connectivity index (χ0) is 14.9. The van der Waals surface area contributed by atoms with Gasteiger partial charge < -0.3 is 4.90 Å². The van der Waals surface area contributed by atoms with Gasteiger partial charge in [-0.1, -0.05) is 64.0 Å². The summed E-state index contributed by atoms with van der Waals surface area (Å²) in [6, 6.07) is 0. The van der Waals surface area contributed by atoms with E-state index in [1.165, 1.54) is 31.4 Å². The average Bonchev–Trinajstić information content (AvgIpc) is 2.44. The Morgan fingerprint density at radius 1 is 1.00 bits per heavy atom. The zero-order valence-corrected chi connectivity index (χ0v) is 14.1. The van der Waals surface area contributed by atoms with E-state index in [-0.39, 0.29) is 0 Å². The highest BCUT2D eigenvalue weighted by molar-refractivity contribution is 5.23. The molecule has 0 aliphatic rings. The average molecular weight is 265 g/mol. The molecule has 0 radical (unpaired) electrons. The molecule has 0 bridgehead atoms. The normalized spacial score (nSPS) is 12.3. The van der Waals surface area contributed by atoms with E-state index in [2.05, 4.69) is 63.1 Å². The molecule has 112 valence electrons. The molecule has 0 heterocycles. The molecule has 0 aromatic carbocycles. The summed E-state index contributed by atoms with van der Waals surface area (Å²) in [6.07, 6.45) is 15.8. The molecule has 0 spiro atoms. The Labute approximate surface area is 122 Å². The highest BCUT2D eigenvalue weighted by atomic mass is 15.1. The molecule has 0 fully saturated rings. The van der Waals surface area contributed by atoms with Crippen molar-refractivity contribution in [3.05, 3.63) is 36.0 Å². The lowest BCUT2D eigenvalue weighted by atomic mass is 10.1. The van der Waals surface area contributed by atoms with Crippen molar-refractivity contribution >= 4 is 0 Å². The molecular weight excluding hydrogens is 230 g/mol. The van der Waals surface area contributed by atoms with Gasteiger partial charge in [-0.15, -0.1) is 0 Å². The first-order valence-electron chi connectivity index (χ1n) is 7.87. The molecule has 0 aromatic rings. The number of nitrogens with zero attached hydrogens (tertiary/aromatic N) is 1. The molecule has 1 heteroatoms. The van der Waals surface area contributed by atoms with Crippen LogP contribution < -0.4 is 0 Å². The summed E-state index contributed by atoms with van der Waals surface area (Å²) in [7, 11) is 2.22. The van der Waals surface area contributed by atoms with Gasteiger partial charge in [-0.2, -0.15) is 0 Å². The lowest BCUT2D eigenvalue weighted by Crippen LogP contribution is -2.21. The zero-order valence-electron chi connectivity index (χ0n) is 14.1. The first kappa shape index (κ1) is 20.5. The van der Waals surface area contributed by atoms with Crippen LogP contribution in [0.1, 0.15) is 60.3 Å². The number of allylic oxidation sites excluding steroid dienone is 5. The standard InChI is InChI=1S/C16H29N.C2H6/c1-5-8-10-14-17(4)15-13-16(11-7-3)12-9-6-2;1-2/h6-7,9,11-12H,5,8,10,13-15H2,1-4H3;1-2H3/b9-6?,11-7-,16-12+;. The van der Waals surface area contributed by atoms with Crippen molar-refractivity contribution in [2.24, 2.45) is 0 Å². The number of hydrogen-bond donors (Lipinski definition) is 0. The van der Waals surface area contributed by atoms with Gasteiger partial charge in [0.1, 0.15) is 0 Å². The molecule has 19 heavy (non-hydrogen) atoms. The molecule has 1 nitrogen and oxygen atoms in total. The third-order valence-corrected chi connectivity index (χ3v) is 2.81.